The van der Waals surface area contributed by atoms with E-state index in [9.17, 15) is 13.2 Å². The van der Waals surface area contributed by atoms with Gasteiger partial charge in [0, 0.05) is 11.1 Å². The van der Waals surface area contributed by atoms with Gasteiger partial charge in [-0.05, 0) is 11.8 Å². The number of pyridine rings is 1. The lowest BCUT2D eigenvalue weighted by atomic mass is 10.2. The number of aromatic nitrogens is 3. The highest BCUT2D eigenvalue weighted by Crippen LogP contribution is 2.34. The number of alkyl halides is 3. The molecule has 0 bridgehead atoms. The van der Waals surface area contributed by atoms with Gasteiger partial charge in [-0.3, -0.25) is 0 Å². The molecule has 0 spiro atoms. The number of nitrogens with zero attached hydrogens (tertiary/aromatic N) is 2. The molecule has 1 N–H and O–H groups in total. The molecule has 0 saturated heterocycles. The molecule has 7 heteroatoms. The standard InChI is InChI=1S/C12H12F3N3S/c1-3-19-9-6-8(12(13,14)15)7-17-10(9)11-16-4-5-18(11)2/h4-7H,3H2,1-2H3/p+1. The summed E-state index contributed by atoms with van der Waals surface area (Å²) in [5, 5.41) is 0. The van der Waals surface area contributed by atoms with E-state index >= 15 is 0 Å². The zero-order valence-corrected chi connectivity index (χ0v) is 11.3. The van der Waals surface area contributed by atoms with Crippen molar-refractivity contribution in [3.63, 3.8) is 0 Å². The predicted molar refractivity (Wildman–Crippen MR) is 66.6 cm³/mol. The molecule has 0 aliphatic rings. The van der Waals surface area contributed by atoms with Crippen LogP contribution in [-0.2, 0) is 13.2 Å². The Morgan fingerprint density at radius 3 is 2.68 bits per heavy atom. The van der Waals surface area contributed by atoms with Crippen LogP contribution in [0.2, 0.25) is 0 Å². The summed E-state index contributed by atoms with van der Waals surface area (Å²) in [5.41, 5.74) is -0.186. The lowest BCUT2D eigenvalue weighted by molar-refractivity contribution is -0.659. The van der Waals surface area contributed by atoms with Crippen LogP contribution in [0, 0.1) is 0 Å². The lowest BCUT2D eigenvalue weighted by Gasteiger charge is -2.09. The van der Waals surface area contributed by atoms with E-state index in [1.54, 1.807) is 17.0 Å². The third kappa shape index (κ3) is 2.91. The Kier molecular flexibility index (Phi) is 3.84. The smallest absolute Gasteiger partial charge is 0.247 e. The summed E-state index contributed by atoms with van der Waals surface area (Å²) in [7, 11) is 1.81. The molecule has 0 radical (unpaired) electrons. The van der Waals surface area contributed by atoms with Gasteiger partial charge in [-0.1, -0.05) is 6.92 Å². The van der Waals surface area contributed by atoms with Crippen LogP contribution in [-0.4, -0.2) is 15.7 Å². The summed E-state index contributed by atoms with van der Waals surface area (Å²) < 4.78 is 39.9. The Bertz CT molecular complexity index is 578. The first-order chi connectivity index (χ1) is 8.93. The topological polar surface area (TPSA) is 32.6 Å². The number of aromatic amines is 1. The van der Waals surface area contributed by atoms with Gasteiger partial charge in [-0.25, -0.2) is 14.5 Å². The largest absolute Gasteiger partial charge is 0.417 e. The highest BCUT2D eigenvalue weighted by Gasteiger charge is 2.32. The van der Waals surface area contributed by atoms with E-state index < -0.39 is 11.7 Å². The molecule has 2 heterocycles. The van der Waals surface area contributed by atoms with Crippen molar-refractivity contribution in [2.75, 3.05) is 5.75 Å². The van der Waals surface area contributed by atoms with Gasteiger partial charge in [0.1, 0.15) is 12.4 Å². The molecule has 2 aromatic heterocycles. The molecule has 0 saturated carbocycles. The molecule has 0 aliphatic carbocycles. The Hall–Kier alpha value is -1.50. The van der Waals surface area contributed by atoms with Gasteiger partial charge in [0.15, 0.2) is 5.69 Å². The maximum absolute atomic E-state index is 12.7. The minimum Gasteiger partial charge on any atom is -0.247 e. The fraction of sp³-hybridized carbons (Fsp3) is 0.333. The van der Waals surface area contributed by atoms with Gasteiger partial charge < -0.3 is 0 Å². The summed E-state index contributed by atoms with van der Waals surface area (Å²) in [6.07, 6.45) is 0.00650. The molecule has 19 heavy (non-hydrogen) atoms. The van der Waals surface area contributed by atoms with E-state index in [0.717, 1.165) is 12.3 Å². The SMILES string of the molecule is CCSc1cc(C(F)(F)F)cnc1-c1[nH]cc[n+]1C. The van der Waals surface area contributed by atoms with Crippen molar-refractivity contribution in [1.82, 2.24) is 9.97 Å². The third-order valence-electron chi connectivity index (χ3n) is 2.58. The second kappa shape index (κ2) is 5.24. The van der Waals surface area contributed by atoms with Crippen molar-refractivity contribution >= 4 is 11.8 Å². The molecule has 0 amide bonds. The predicted octanol–water partition coefficient (Wildman–Crippen LogP) is 3.03. The Balaban J connectivity index is 2.53. The van der Waals surface area contributed by atoms with Crippen LogP contribution in [0.5, 0.6) is 0 Å². The highest BCUT2D eigenvalue weighted by atomic mass is 32.2. The van der Waals surface area contributed by atoms with Gasteiger partial charge in [0.25, 0.3) is 0 Å². The maximum Gasteiger partial charge on any atom is 0.417 e. The molecule has 0 aliphatic heterocycles. The van der Waals surface area contributed by atoms with Crippen molar-refractivity contribution in [2.24, 2.45) is 7.05 Å². The minimum atomic E-state index is -4.37. The normalized spacial score (nSPS) is 11.8. The Morgan fingerprint density at radius 1 is 1.42 bits per heavy atom. The molecule has 3 nitrogen and oxygen atoms in total. The van der Waals surface area contributed by atoms with Crippen LogP contribution in [0.25, 0.3) is 11.5 Å². The number of hydrogen-bond acceptors (Lipinski definition) is 2. The fourth-order valence-corrected chi connectivity index (χ4v) is 2.49. The molecule has 0 unspecified atom stereocenters. The van der Waals surface area contributed by atoms with Crippen LogP contribution in [0.4, 0.5) is 13.2 Å². The second-order valence-electron chi connectivity index (χ2n) is 3.92. The molecule has 0 atom stereocenters. The molecule has 0 aromatic carbocycles. The average molecular weight is 288 g/mol. The summed E-state index contributed by atoms with van der Waals surface area (Å²) in [6.45, 7) is 1.89. The number of H-pyrrole nitrogens is 1. The summed E-state index contributed by atoms with van der Waals surface area (Å²) in [5.74, 6) is 1.37. The van der Waals surface area contributed by atoms with Crippen molar-refractivity contribution < 1.29 is 17.7 Å². The zero-order valence-electron chi connectivity index (χ0n) is 10.5. The van der Waals surface area contributed by atoms with Crippen molar-refractivity contribution in [3.8, 4) is 11.5 Å². The molecular formula is C12H13F3N3S+. The van der Waals surface area contributed by atoms with Crippen LogP contribution >= 0.6 is 11.8 Å². The number of rotatable bonds is 3. The quantitative estimate of drug-likeness (QED) is 0.695. The molecule has 2 aromatic rings. The summed E-state index contributed by atoms with van der Waals surface area (Å²) in [4.78, 5) is 7.48. The number of hydrogen-bond donors (Lipinski definition) is 1. The van der Waals surface area contributed by atoms with Gasteiger partial charge in [0.2, 0.25) is 0 Å². The number of halogens is 3. The molecule has 0 fully saturated rings. The van der Waals surface area contributed by atoms with Crippen LogP contribution < -0.4 is 4.57 Å². The summed E-state index contributed by atoms with van der Waals surface area (Å²) in [6, 6.07) is 1.15. The van der Waals surface area contributed by atoms with E-state index in [1.807, 2.05) is 14.0 Å². The maximum atomic E-state index is 12.7. The molecular weight excluding hydrogens is 275 g/mol. The first kappa shape index (κ1) is 13.9. The van der Waals surface area contributed by atoms with Gasteiger partial charge in [-0.2, -0.15) is 13.2 Å². The Morgan fingerprint density at radius 2 is 2.16 bits per heavy atom. The van der Waals surface area contributed by atoms with Gasteiger partial charge >= 0.3 is 12.0 Å². The number of thioether (sulfide) groups is 1. The summed E-state index contributed by atoms with van der Waals surface area (Å²) >= 11 is 1.34. The first-order valence-electron chi connectivity index (χ1n) is 5.67. The van der Waals surface area contributed by atoms with E-state index in [0.29, 0.717) is 22.2 Å². The van der Waals surface area contributed by atoms with Gasteiger partial charge in [-0.15, -0.1) is 11.8 Å². The van der Waals surface area contributed by atoms with Crippen LogP contribution in [0.15, 0.2) is 29.6 Å². The van der Waals surface area contributed by atoms with Crippen LogP contribution in [0.1, 0.15) is 12.5 Å². The van der Waals surface area contributed by atoms with Crippen LogP contribution in [0.3, 0.4) is 0 Å². The number of nitrogens with one attached hydrogen (secondary N) is 1. The Labute approximate surface area is 112 Å². The van der Waals surface area contributed by atoms with E-state index in [4.69, 9.17) is 0 Å². The van der Waals surface area contributed by atoms with Crippen molar-refractivity contribution in [1.29, 1.82) is 0 Å². The van der Waals surface area contributed by atoms with E-state index in [-0.39, 0.29) is 0 Å². The average Bonchev–Trinajstić information content (AvgIpc) is 2.74. The van der Waals surface area contributed by atoms with Crippen molar-refractivity contribution in [2.45, 2.75) is 18.0 Å². The van der Waals surface area contributed by atoms with E-state index in [2.05, 4.69) is 9.97 Å². The first-order valence-corrected chi connectivity index (χ1v) is 6.65. The highest BCUT2D eigenvalue weighted by molar-refractivity contribution is 7.99. The second-order valence-corrected chi connectivity index (χ2v) is 5.23. The van der Waals surface area contributed by atoms with Crippen molar-refractivity contribution in [3.05, 3.63) is 30.2 Å². The third-order valence-corrected chi connectivity index (χ3v) is 3.49. The minimum absolute atomic E-state index is 0.523. The van der Waals surface area contributed by atoms with E-state index in [1.165, 1.54) is 11.8 Å². The number of aryl methyl sites for hydroxylation is 1. The van der Waals surface area contributed by atoms with Gasteiger partial charge in [0.05, 0.1) is 12.6 Å². The number of imidazole rings is 1. The zero-order chi connectivity index (χ0) is 14.0. The lowest BCUT2D eigenvalue weighted by Crippen LogP contribution is -2.28. The monoisotopic (exact) mass is 288 g/mol. The fourth-order valence-electron chi connectivity index (χ4n) is 1.68. The molecule has 2 rings (SSSR count). The molecule has 102 valence electrons.